The zero-order valence-electron chi connectivity index (χ0n) is 13.5. The van der Waals surface area contributed by atoms with Crippen LogP contribution in [-0.2, 0) is 14.4 Å². The zero-order chi connectivity index (χ0) is 16.8. The Morgan fingerprint density at radius 3 is 2.92 bits per heavy atom. The average molecular weight is 335 g/mol. The summed E-state index contributed by atoms with van der Waals surface area (Å²) >= 11 is 0. The summed E-state index contributed by atoms with van der Waals surface area (Å²) in [4.78, 5) is 19.6. The van der Waals surface area contributed by atoms with Crippen LogP contribution in [0.5, 0.6) is 0 Å². The van der Waals surface area contributed by atoms with Crippen LogP contribution in [0, 0.1) is 5.82 Å². The third-order valence-corrected chi connectivity index (χ3v) is 4.20. The number of halogens is 1. The lowest BCUT2D eigenvalue weighted by Crippen LogP contribution is -2.39. The molecule has 1 fully saturated rings. The molecule has 0 bridgehead atoms. The molecule has 1 amide bonds. The van der Waals surface area contributed by atoms with Crippen LogP contribution in [0.1, 0.15) is 18.4 Å². The van der Waals surface area contributed by atoms with Gasteiger partial charge in [-0.25, -0.2) is 4.39 Å². The van der Waals surface area contributed by atoms with Crippen molar-refractivity contribution in [2.45, 2.75) is 18.9 Å². The number of carbonyl (C=O) groups excluding carboxylic acids is 1. The first-order chi connectivity index (χ1) is 11.7. The van der Waals surface area contributed by atoms with Crippen molar-refractivity contribution in [2.24, 2.45) is 5.16 Å². The molecule has 1 N–H and O–H groups in total. The quantitative estimate of drug-likeness (QED) is 0.793. The second kappa shape index (κ2) is 8.21. The Morgan fingerprint density at radius 1 is 1.33 bits per heavy atom. The van der Waals surface area contributed by atoms with Gasteiger partial charge in [0.05, 0.1) is 18.9 Å². The minimum absolute atomic E-state index is 0.202. The lowest BCUT2D eigenvalue weighted by Gasteiger charge is -2.26. The van der Waals surface area contributed by atoms with E-state index < -0.39 is 6.10 Å². The fourth-order valence-corrected chi connectivity index (χ4v) is 2.83. The summed E-state index contributed by atoms with van der Waals surface area (Å²) in [6, 6.07) is 6.37. The van der Waals surface area contributed by atoms with Crippen LogP contribution in [0.4, 0.5) is 4.39 Å². The molecule has 24 heavy (non-hydrogen) atoms. The van der Waals surface area contributed by atoms with Gasteiger partial charge in [-0.15, -0.1) is 0 Å². The van der Waals surface area contributed by atoms with Crippen LogP contribution in [0.25, 0.3) is 0 Å². The Hall–Kier alpha value is -1.99. The minimum Gasteiger partial charge on any atom is -0.382 e. The number of rotatable bonds is 6. The number of oxime groups is 1. The number of hydrogen-bond donors (Lipinski definition) is 1. The number of morpholine rings is 1. The van der Waals surface area contributed by atoms with Crippen LogP contribution in [0.3, 0.4) is 0 Å². The molecule has 3 rings (SSSR count). The highest BCUT2D eigenvalue weighted by Gasteiger charge is 2.29. The Kier molecular flexibility index (Phi) is 5.77. The van der Waals surface area contributed by atoms with Gasteiger partial charge in [0.25, 0.3) is 5.91 Å². The van der Waals surface area contributed by atoms with Crippen molar-refractivity contribution in [2.75, 3.05) is 39.4 Å². The molecule has 1 saturated heterocycles. The van der Waals surface area contributed by atoms with Crippen molar-refractivity contribution in [3.63, 3.8) is 0 Å². The Bertz CT molecular complexity index is 602. The zero-order valence-corrected chi connectivity index (χ0v) is 13.5. The average Bonchev–Trinajstić information content (AvgIpc) is 3.10. The summed E-state index contributed by atoms with van der Waals surface area (Å²) in [7, 11) is 0. The molecule has 0 unspecified atom stereocenters. The van der Waals surface area contributed by atoms with Gasteiger partial charge in [-0.1, -0.05) is 23.4 Å². The van der Waals surface area contributed by atoms with Crippen LogP contribution >= 0.6 is 0 Å². The van der Waals surface area contributed by atoms with E-state index >= 15 is 0 Å². The van der Waals surface area contributed by atoms with Crippen molar-refractivity contribution in [3.8, 4) is 0 Å². The standard InChI is InChI=1S/C17H22FN3O3/c18-14-5-2-1-4-13(14)15-12-16(24-20-15)17(22)19-6-3-7-21-8-10-23-11-9-21/h1-2,4-5,16H,3,6-12H2,(H,19,22)/t16-/m0/s1. The molecule has 0 saturated carbocycles. The van der Waals surface area contributed by atoms with Gasteiger partial charge in [-0.2, -0.15) is 0 Å². The van der Waals surface area contributed by atoms with E-state index in [1.807, 2.05) is 0 Å². The summed E-state index contributed by atoms with van der Waals surface area (Å²) < 4.78 is 19.0. The molecule has 1 atom stereocenters. The lowest BCUT2D eigenvalue weighted by atomic mass is 10.0. The van der Waals surface area contributed by atoms with E-state index in [0.29, 0.717) is 17.8 Å². The van der Waals surface area contributed by atoms with E-state index in [-0.39, 0.29) is 18.1 Å². The highest BCUT2D eigenvalue weighted by Crippen LogP contribution is 2.19. The normalized spacial score (nSPS) is 21.2. The van der Waals surface area contributed by atoms with Crippen molar-refractivity contribution >= 4 is 11.6 Å². The monoisotopic (exact) mass is 335 g/mol. The molecular weight excluding hydrogens is 313 g/mol. The molecule has 2 aliphatic rings. The molecule has 0 aliphatic carbocycles. The van der Waals surface area contributed by atoms with E-state index in [1.165, 1.54) is 6.07 Å². The van der Waals surface area contributed by atoms with Crippen molar-refractivity contribution in [1.82, 2.24) is 10.2 Å². The number of nitrogens with one attached hydrogen (secondary N) is 1. The first kappa shape index (κ1) is 16.9. The second-order valence-corrected chi connectivity index (χ2v) is 5.91. The predicted octanol–water partition coefficient (Wildman–Crippen LogP) is 1.16. The topological polar surface area (TPSA) is 63.2 Å². The fourth-order valence-electron chi connectivity index (χ4n) is 2.83. The summed E-state index contributed by atoms with van der Waals surface area (Å²) in [6.45, 7) is 4.97. The number of hydrogen-bond acceptors (Lipinski definition) is 5. The van der Waals surface area contributed by atoms with E-state index in [4.69, 9.17) is 9.57 Å². The van der Waals surface area contributed by atoms with Crippen molar-refractivity contribution in [3.05, 3.63) is 35.6 Å². The molecule has 7 heteroatoms. The Balaban J connectivity index is 1.38. The molecule has 0 aromatic heterocycles. The minimum atomic E-state index is -0.678. The lowest BCUT2D eigenvalue weighted by molar-refractivity contribution is -0.131. The summed E-state index contributed by atoms with van der Waals surface area (Å²) in [6.07, 6.45) is 0.485. The number of amides is 1. The maximum absolute atomic E-state index is 13.7. The summed E-state index contributed by atoms with van der Waals surface area (Å²) in [5.74, 6) is -0.557. The molecular formula is C17H22FN3O3. The predicted molar refractivity (Wildman–Crippen MR) is 87.3 cm³/mol. The smallest absolute Gasteiger partial charge is 0.264 e. The number of carbonyl (C=O) groups is 1. The first-order valence-electron chi connectivity index (χ1n) is 8.29. The maximum atomic E-state index is 13.7. The Labute approximate surface area is 140 Å². The van der Waals surface area contributed by atoms with Crippen LogP contribution < -0.4 is 5.32 Å². The van der Waals surface area contributed by atoms with Gasteiger partial charge in [-0.3, -0.25) is 9.69 Å². The molecule has 130 valence electrons. The number of ether oxygens (including phenoxy) is 1. The maximum Gasteiger partial charge on any atom is 0.264 e. The van der Waals surface area contributed by atoms with E-state index in [0.717, 1.165) is 39.3 Å². The Morgan fingerprint density at radius 2 is 2.12 bits per heavy atom. The molecule has 0 spiro atoms. The molecule has 1 aromatic rings. The largest absolute Gasteiger partial charge is 0.382 e. The van der Waals surface area contributed by atoms with Crippen LogP contribution in [-0.4, -0.2) is 62.0 Å². The summed E-state index contributed by atoms with van der Waals surface area (Å²) in [5.41, 5.74) is 0.863. The van der Waals surface area contributed by atoms with E-state index in [2.05, 4.69) is 15.4 Å². The molecule has 6 nitrogen and oxygen atoms in total. The second-order valence-electron chi connectivity index (χ2n) is 5.91. The van der Waals surface area contributed by atoms with Gasteiger partial charge in [0.1, 0.15) is 5.82 Å². The molecule has 2 aliphatic heterocycles. The van der Waals surface area contributed by atoms with Crippen LogP contribution in [0.2, 0.25) is 0 Å². The van der Waals surface area contributed by atoms with Crippen molar-refractivity contribution in [1.29, 1.82) is 0 Å². The molecule has 0 radical (unpaired) electrons. The molecule has 2 heterocycles. The highest BCUT2D eigenvalue weighted by atomic mass is 19.1. The third kappa shape index (κ3) is 4.30. The SMILES string of the molecule is O=C(NCCCN1CCOCC1)[C@@H]1CC(c2ccccc2F)=NO1. The van der Waals surface area contributed by atoms with E-state index in [1.54, 1.807) is 18.2 Å². The van der Waals surface area contributed by atoms with E-state index in [9.17, 15) is 9.18 Å². The van der Waals surface area contributed by atoms with Crippen molar-refractivity contribution < 1.29 is 18.8 Å². The number of nitrogens with zero attached hydrogens (tertiary/aromatic N) is 2. The van der Waals surface area contributed by atoms with Gasteiger partial charge in [0, 0.05) is 31.6 Å². The van der Waals surface area contributed by atoms with Crippen LogP contribution in [0.15, 0.2) is 29.4 Å². The van der Waals surface area contributed by atoms with Gasteiger partial charge in [0.2, 0.25) is 6.10 Å². The first-order valence-corrected chi connectivity index (χ1v) is 8.29. The van der Waals surface area contributed by atoms with Gasteiger partial charge < -0.3 is 14.9 Å². The van der Waals surface area contributed by atoms with Gasteiger partial charge in [-0.05, 0) is 19.0 Å². The highest BCUT2D eigenvalue weighted by molar-refractivity contribution is 6.04. The third-order valence-electron chi connectivity index (χ3n) is 4.20. The molecule has 1 aromatic carbocycles. The summed E-state index contributed by atoms with van der Waals surface area (Å²) in [5, 5.41) is 6.73. The van der Waals surface area contributed by atoms with Gasteiger partial charge >= 0.3 is 0 Å². The fraction of sp³-hybridized carbons (Fsp3) is 0.529. The number of benzene rings is 1. The van der Waals surface area contributed by atoms with Gasteiger partial charge in [0.15, 0.2) is 0 Å².